The molecule has 0 spiro atoms. The molecule has 0 saturated carbocycles. The number of ether oxygens (including phenoxy) is 1. The van der Waals surface area contributed by atoms with Crippen molar-refractivity contribution in [3.05, 3.63) is 112 Å². The molecule has 0 fully saturated rings. The number of methoxy groups -OCH3 is 1. The van der Waals surface area contributed by atoms with Crippen LogP contribution in [0.1, 0.15) is 24.3 Å². The van der Waals surface area contributed by atoms with Crippen molar-refractivity contribution in [1.29, 1.82) is 0 Å². The van der Waals surface area contributed by atoms with Gasteiger partial charge < -0.3 is 9.15 Å². The maximum Gasteiger partial charge on any atom is 0.338 e. The summed E-state index contributed by atoms with van der Waals surface area (Å²) in [6.07, 6.45) is 1.69. The zero-order valence-electron chi connectivity index (χ0n) is 18.6. The van der Waals surface area contributed by atoms with Gasteiger partial charge in [-0.1, -0.05) is 69.2 Å². The molecule has 2 aromatic carbocycles. The summed E-state index contributed by atoms with van der Waals surface area (Å²) in [5.41, 5.74) is 1.99. The zero-order valence-corrected chi connectivity index (χ0v) is 21.8. The second kappa shape index (κ2) is 9.45. The van der Waals surface area contributed by atoms with Crippen molar-refractivity contribution in [1.82, 2.24) is 4.57 Å². The van der Waals surface area contributed by atoms with Crippen LogP contribution in [0.25, 0.3) is 17.4 Å². The van der Waals surface area contributed by atoms with Crippen molar-refractivity contribution < 1.29 is 13.9 Å². The number of benzene rings is 2. The van der Waals surface area contributed by atoms with E-state index < -0.39 is 12.0 Å². The average Bonchev–Trinajstić information content (AvgIpc) is 3.43. The number of hydrogen-bond donors (Lipinski definition) is 0. The smallest absolute Gasteiger partial charge is 0.338 e. The summed E-state index contributed by atoms with van der Waals surface area (Å²) in [5, 5.41) is 0.438. The molecule has 1 aliphatic heterocycles. The molecular formula is C26H18BrClN2O4S. The van der Waals surface area contributed by atoms with Gasteiger partial charge in [0.1, 0.15) is 17.6 Å². The summed E-state index contributed by atoms with van der Waals surface area (Å²) in [6, 6.07) is 17.8. The summed E-state index contributed by atoms with van der Waals surface area (Å²) in [7, 11) is 1.30. The molecule has 0 N–H and O–H groups in total. The first kappa shape index (κ1) is 23.5. The minimum Gasteiger partial charge on any atom is -0.466 e. The van der Waals surface area contributed by atoms with Gasteiger partial charge in [-0.2, -0.15) is 0 Å². The van der Waals surface area contributed by atoms with E-state index in [1.165, 1.54) is 23.0 Å². The first-order chi connectivity index (χ1) is 16.9. The number of allylic oxidation sites excluding steroid dienone is 1. The lowest BCUT2D eigenvalue weighted by atomic mass is 9.96. The molecule has 9 heteroatoms. The molecule has 2 aromatic heterocycles. The van der Waals surface area contributed by atoms with E-state index >= 15 is 0 Å². The third kappa shape index (κ3) is 4.33. The van der Waals surface area contributed by atoms with Crippen molar-refractivity contribution in [3.63, 3.8) is 0 Å². The Hall–Kier alpha value is -3.20. The van der Waals surface area contributed by atoms with Crippen molar-refractivity contribution in [2.24, 2.45) is 4.99 Å². The van der Waals surface area contributed by atoms with Crippen LogP contribution < -0.4 is 14.9 Å². The minimum atomic E-state index is -0.760. The van der Waals surface area contributed by atoms with Crippen LogP contribution in [-0.2, 0) is 9.53 Å². The monoisotopic (exact) mass is 568 g/mol. The van der Waals surface area contributed by atoms with E-state index in [2.05, 4.69) is 20.9 Å². The number of carbonyl (C=O) groups excluding carboxylic acids is 1. The second-order valence-corrected chi connectivity index (χ2v) is 10.1. The summed E-state index contributed by atoms with van der Waals surface area (Å²) in [4.78, 5) is 31.4. The van der Waals surface area contributed by atoms with Crippen LogP contribution in [0.3, 0.4) is 0 Å². The minimum absolute atomic E-state index is 0.273. The Balaban J connectivity index is 1.66. The Morgan fingerprint density at radius 2 is 1.91 bits per heavy atom. The van der Waals surface area contributed by atoms with Gasteiger partial charge in [0.05, 0.1) is 22.9 Å². The number of hydrogen-bond acceptors (Lipinski definition) is 6. The normalized spacial score (nSPS) is 15.7. The maximum atomic E-state index is 13.6. The Morgan fingerprint density at radius 3 is 2.63 bits per heavy atom. The lowest BCUT2D eigenvalue weighted by molar-refractivity contribution is -0.136. The van der Waals surface area contributed by atoms with Gasteiger partial charge in [0.25, 0.3) is 5.56 Å². The maximum absolute atomic E-state index is 13.6. The van der Waals surface area contributed by atoms with Gasteiger partial charge in [0.2, 0.25) is 0 Å². The highest BCUT2D eigenvalue weighted by molar-refractivity contribution is 9.10. The predicted molar refractivity (Wildman–Crippen MR) is 139 cm³/mol. The molecule has 0 unspecified atom stereocenters. The van der Waals surface area contributed by atoms with Gasteiger partial charge >= 0.3 is 5.97 Å². The van der Waals surface area contributed by atoms with Crippen LogP contribution in [-0.4, -0.2) is 17.6 Å². The van der Waals surface area contributed by atoms with E-state index in [9.17, 15) is 9.59 Å². The molecular weight excluding hydrogens is 552 g/mol. The molecule has 0 amide bonds. The highest BCUT2D eigenvalue weighted by Gasteiger charge is 2.34. The lowest BCUT2D eigenvalue weighted by Crippen LogP contribution is -2.39. The van der Waals surface area contributed by atoms with Crippen LogP contribution >= 0.6 is 38.9 Å². The standard InChI is InChI=1S/C26H18BrClN2O4S/c1-14-22(25(32)33-2)23(18-5-3-4-6-19(18)28)30-24(31)21(35-26(30)29-14)13-17-11-12-20(34-17)15-7-9-16(27)10-8-15/h3-13,23H,1-2H3/b21-13-/t23-/m1/s1. The molecule has 1 aliphatic rings. The predicted octanol–water partition coefficient (Wildman–Crippen LogP) is 5.08. The molecule has 0 radical (unpaired) electrons. The highest BCUT2D eigenvalue weighted by Crippen LogP contribution is 2.34. The molecule has 0 bridgehead atoms. The van der Waals surface area contributed by atoms with E-state index in [1.54, 1.807) is 31.2 Å². The number of rotatable bonds is 4. The van der Waals surface area contributed by atoms with Gasteiger partial charge in [-0.15, -0.1) is 0 Å². The Morgan fingerprint density at radius 1 is 1.17 bits per heavy atom. The molecule has 5 rings (SSSR count). The fourth-order valence-electron chi connectivity index (χ4n) is 4.01. The zero-order chi connectivity index (χ0) is 24.7. The summed E-state index contributed by atoms with van der Waals surface area (Å²) in [5.74, 6) is 0.663. The molecule has 6 nitrogen and oxygen atoms in total. The van der Waals surface area contributed by atoms with Crippen molar-refractivity contribution >= 4 is 50.9 Å². The molecule has 176 valence electrons. The van der Waals surface area contributed by atoms with E-state index in [0.29, 0.717) is 37.1 Å². The number of nitrogens with zero attached hydrogens (tertiary/aromatic N) is 2. The van der Waals surface area contributed by atoms with Crippen LogP contribution in [0, 0.1) is 0 Å². The number of furan rings is 1. The summed E-state index contributed by atoms with van der Waals surface area (Å²) < 4.78 is 13.9. The summed E-state index contributed by atoms with van der Waals surface area (Å²) >= 11 is 11.2. The van der Waals surface area contributed by atoms with Crippen LogP contribution in [0.2, 0.25) is 5.02 Å². The van der Waals surface area contributed by atoms with E-state index in [4.69, 9.17) is 20.8 Å². The number of fused-ring (bicyclic) bond motifs is 1. The second-order valence-electron chi connectivity index (χ2n) is 7.80. The third-order valence-corrected chi connectivity index (χ3v) is 7.51. The van der Waals surface area contributed by atoms with Gasteiger partial charge in [0.15, 0.2) is 4.80 Å². The van der Waals surface area contributed by atoms with Gasteiger partial charge in [-0.3, -0.25) is 9.36 Å². The van der Waals surface area contributed by atoms with Gasteiger partial charge in [-0.05, 0) is 42.8 Å². The first-order valence-electron chi connectivity index (χ1n) is 10.6. The fourth-order valence-corrected chi connectivity index (χ4v) is 5.54. The summed E-state index contributed by atoms with van der Waals surface area (Å²) in [6.45, 7) is 1.73. The molecule has 3 heterocycles. The topological polar surface area (TPSA) is 73.8 Å². The van der Waals surface area contributed by atoms with Crippen LogP contribution in [0.4, 0.5) is 0 Å². The number of thiazole rings is 1. The number of esters is 1. The van der Waals surface area contributed by atoms with Crippen molar-refractivity contribution in [2.75, 3.05) is 7.11 Å². The third-order valence-electron chi connectivity index (χ3n) is 5.66. The SMILES string of the molecule is COC(=O)C1=C(C)N=c2s/c(=C\c3ccc(-c4ccc(Br)cc4)o3)c(=O)n2[C@@H]1c1ccccc1Cl. The Bertz CT molecular complexity index is 1660. The molecule has 35 heavy (non-hydrogen) atoms. The molecule has 0 aliphatic carbocycles. The van der Waals surface area contributed by atoms with Gasteiger partial charge in [-0.25, -0.2) is 9.79 Å². The van der Waals surface area contributed by atoms with E-state index in [-0.39, 0.29) is 11.1 Å². The van der Waals surface area contributed by atoms with Crippen molar-refractivity contribution in [2.45, 2.75) is 13.0 Å². The van der Waals surface area contributed by atoms with Gasteiger partial charge in [0, 0.05) is 21.1 Å². The Labute approximate surface area is 217 Å². The van der Waals surface area contributed by atoms with E-state index in [0.717, 1.165) is 10.0 Å². The quantitative estimate of drug-likeness (QED) is 0.321. The lowest BCUT2D eigenvalue weighted by Gasteiger charge is -2.25. The molecule has 0 saturated heterocycles. The first-order valence-corrected chi connectivity index (χ1v) is 12.6. The molecule has 4 aromatic rings. The molecule has 1 atom stereocenters. The number of carbonyl (C=O) groups is 1. The average molecular weight is 570 g/mol. The van der Waals surface area contributed by atoms with Crippen LogP contribution in [0.5, 0.6) is 0 Å². The largest absolute Gasteiger partial charge is 0.466 e. The van der Waals surface area contributed by atoms with Crippen molar-refractivity contribution in [3.8, 4) is 11.3 Å². The number of halogens is 2. The fraction of sp³-hybridized carbons (Fsp3) is 0.115. The van der Waals surface area contributed by atoms with Crippen LogP contribution in [0.15, 0.2) is 90.6 Å². The highest BCUT2D eigenvalue weighted by atomic mass is 79.9. The van der Waals surface area contributed by atoms with E-state index in [1.807, 2.05) is 42.5 Å². The Kier molecular flexibility index (Phi) is 6.35. The number of aromatic nitrogens is 1.